The zero-order chi connectivity index (χ0) is 20.5. The van der Waals surface area contributed by atoms with Gasteiger partial charge in [0, 0.05) is 44.0 Å². The van der Waals surface area contributed by atoms with E-state index in [0.717, 1.165) is 38.9 Å². The molecule has 1 aliphatic carbocycles. The first kappa shape index (κ1) is 22.2. The Kier molecular flexibility index (Phi) is 8.93. The Labute approximate surface area is 177 Å². The number of carbonyl (C=O) groups is 1. The predicted octanol–water partition coefficient (Wildman–Crippen LogP) is 3.84. The van der Waals surface area contributed by atoms with Gasteiger partial charge >= 0.3 is 0 Å². The van der Waals surface area contributed by atoms with E-state index in [1.54, 1.807) is 0 Å². The quantitative estimate of drug-likeness (QED) is 0.755. The number of hydrogen-bond donors (Lipinski definition) is 1. The number of aromatic nitrogens is 1. The van der Waals surface area contributed by atoms with E-state index in [1.165, 1.54) is 44.1 Å². The molecule has 1 saturated heterocycles. The molecule has 5 nitrogen and oxygen atoms in total. The first-order valence-corrected chi connectivity index (χ1v) is 11.7. The first-order chi connectivity index (χ1) is 14.1. The molecule has 3 rings (SSSR count). The highest BCUT2D eigenvalue weighted by molar-refractivity contribution is 5.76. The van der Waals surface area contributed by atoms with Gasteiger partial charge in [0.15, 0.2) is 0 Å². The van der Waals surface area contributed by atoms with Crippen molar-refractivity contribution in [3.8, 4) is 0 Å². The van der Waals surface area contributed by atoms with Crippen LogP contribution in [0, 0.1) is 5.92 Å². The molecule has 1 aromatic rings. The molecule has 2 aliphatic rings. The Hall–Kier alpha value is -1.46. The summed E-state index contributed by atoms with van der Waals surface area (Å²) in [5.74, 6) is 0.802. The van der Waals surface area contributed by atoms with Crippen molar-refractivity contribution < 1.29 is 4.79 Å². The van der Waals surface area contributed by atoms with Gasteiger partial charge in [-0.3, -0.25) is 14.7 Å². The molecular weight excluding hydrogens is 360 g/mol. The van der Waals surface area contributed by atoms with Crippen LogP contribution in [0.1, 0.15) is 69.8 Å². The summed E-state index contributed by atoms with van der Waals surface area (Å²) in [7, 11) is 4.37. The van der Waals surface area contributed by atoms with Crippen molar-refractivity contribution in [1.82, 2.24) is 20.1 Å². The van der Waals surface area contributed by atoms with Gasteiger partial charge in [0.1, 0.15) is 0 Å². The highest BCUT2D eigenvalue weighted by atomic mass is 16.1. The zero-order valence-electron chi connectivity index (χ0n) is 18.5. The van der Waals surface area contributed by atoms with Gasteiger partial charge in [-0.25, -0.2) is 0 Å². The molecule has 2 fully saturated rings. The number of hydrogen-bond acceptors (Lipinski definition) is 4. The molecule has 2 heterocycles. The molecule has 5 heteroatoms. The van der Waals surface area contributed by atoms with Gasteiger partial charge in [-0.2, -0.15) is 0 Å². The molecule has 29 heavy (non-hydrogen) atoms. The van der Waals surface area contributed by atoms with Crippen LogP contribution in [0.5, 0.6) is 0 Å². The molecule has 1 aromatic heterocycles. The van der Waals surface area contributed by atoms with Gasteiger partial charge in [0.25, 0.3) is 0 Å². The lowest BCUT2D eigenvalue weighted by Crippen LogP contribution is -2.49. The molecule has 2 atom stereocenters. The molecule has 1 saturated carbocycles. The van der Waals surface area contributed by atoms with Crippen molar-refractivity contribution in [1.29, 1.82) is 0 Å². The monoisotopic (exact) mass is 400 g/mol. The minimum atomic E-state index is 0.262. The lowest BCUT2D eigenvalue weighted by Gasteiger charge is -2.41. The van der Waals surface area contributed by atoms with Crippen molar-refractivity contribution in [3.05, 3.63) is 30.1 Å². The van der Waals surface area contributed by atoms with Crippen LogP contribution < -0.4 is 5.32 Å². The Morgan fingerprint density at radius 3 is 2.62 bits per heavy atom. The summed E-state index contributed by atoms with van der Waals surface area (Å²) < 4.78 is 0. The van der Waals surface area contributed by atoms with Gasteiger partial charge in [0.05, 0.1) is 0 Å². The van der Waals surface area contributed by atoms with Crippen LogP contribution in [0.3, 0.4) is 0 Å². The van der Waals surface area contributed by atoms with Crippen molar-refractivity contribution in [2.45, 2.75) is 82.8 Å². The third kappa shape index (κ3) is 7.38. The summed E-state index contributed by atoms with van der Waals surface area (Å²) in [5.41, 5.74) is 1.27. The first-order valence-electron chi connectivity index (χ1n) is 11.7. The van der Waals surface area contributed by atoms with Crippen LogP contribution in [-0.2, 0) is 11.3 Å². The number of likely N-dealkylation sites (tertiary alicyclic amines) is 1. The van der Waals surface area contributed by atoms with E-state index in [9.17, 15) is 4.79 Å². The second-order valence-electron chi connectivity index (χ2n) is 9.32. The van der Waals surface area contributed by atoms with Crippen LogP contribution in [0.15, 0.2) is 24.5 Å². The minimum absolute atomic E-state index is 0.262. The number of nitrogens with zero attached hydrogens (tertiary/aromatic N) is 3. The Balaban J connectivity index is 1.49. The van der Waals surface area contributed by atoms with E-state index in [1.807, 2.05) is 18.5 Å². The van der Waals surface area contributed by atoms with Crippen LogP contribution >= 0.6 is 0 Å². The molecule has 1 N–H and O–H groups in total. The fourth-order valence-corrected chi connectivity index (χ4v) is 5.17. The summed E-state index contributed by atoms with van der Waals surface area (Å²) in [6.45, 7) is 3.13. The number of carbonyl (C=O) groups excluding carboxylic acids is 1. The third-order valence-electron chi connectivity index (χ3n) is 6.78. The number of nitrogens with one attached hydrogen (secondary N) is 1. The summed E-state index contributed by atoms with van der Waals surface area (Å²) in [6, 6.07) is 5.14. The van der Waals surface area contributed by atoms with Crippen molar-refractivity contribution >= 4 is 5.91 Å². The Morgan fingerprint density at radius 1 is 1.17 bits per heavy atom. The minimum Gasteiger partial charge on any atom is -0.353 e. The summed E-state index contributed by atoms with van der Waals surface area (Å²) in [5, 5.41) is 3.35. The van der Waals surface area contributed by atoms with Crippen LogP contribution in [0.25, 0.3) is 0 Å². The molecule has 0 bridgehead atoms. The number of amides is 1. The maximum atomic E-state index is 12.7. The molecule has 1 amide bonds. The SMILES string of the molecule is CN(C)[C@@H]1CCN(Cc2cccnc2)C[C@@H]1CCC(=O)NC1CCCCCCC1. The fourth-order valence-electron chi connectivity index (χ4n) is 5.17. The lowest BCUT2D eigenvalue weighted by atomic mass is 9.87. The standard InChI is InChI=1S/C24H40N4O/c1-27(2)23-14-16-28(18-20-9-8-15-25-17-20)19-21(23)12-13-24(29)26-22-10-6-4-3-5-7-11-22/h8-9,15,17,21-23H,3-7,10-14,16,18-19H2,1-2H3,(H,26,29)/t21-,23+/m0/s1. The number of pyridine rings is 1. The Bertz CT molecular complexity index is 598. The van der Waals surface area contributed by atoms with E-state index < -0.39 is 0 Å². The van der Waals surface area contributed by atoms with Crippen molar-refractivity contribution in [3.63, 3.8) is 0 Å². The van der Waals surface area contributed by atoms with Gasteiger partial charge < -0.3 is 10.2 Å². The average Bonchev–Trinajstić information content (AvgIpc) is 2.69. The van der Waals surface area contributed by atoms with Crippen molar-refractivity contribution in [2.24, 2.45) is 5.92 Å². The van der Waals surface area contributed by atoms with Crippen LogP contribution in [0.2, 0.25) is 0 Å². The zero-order valence-corrected chi connectivity index (χ0v) is 18.5. The highest BCUT2D eigenvalue weighted by Gasteiger charge is 2.31. The van der Waals surface area contributed by atoms with Crippen molar-refractivity contribution in [2.75, 3.05) is 27.2 Å². The topological polar surface area (TPSA) is 48.5 Å². The molecule has 0 aromatic carbocycles. The Morgan fingerprint density at radius 2 is 1.93 bits per heavy atom. The molecule has 0 unspecified atom stereocenters. The molecule has 162 valence electrons. The van der Waals surface area contributed by atoms with Crippen LogP contribution in [0.4, 0.5) is 0 Å². The van der Waals surface area contributed by atoms with E-state index in [-0.39, 0.29) is 5.91 Å². The van der Waals surface area contributed by atoms with E-state index in [0.29, 0.717) is 24.4 Å². The van der Waals surface area contributed by atoms with Gasteiger partial charge in [-0.15, -0.1) is 0 Å². The molecule has 1 aliphatic heterocycles. The molecule has 0 spiro atoms. The maximum Gasteiger partial charge on any atom is 0.220 e. The van der Waals surface area contributed by atoms with Crippen LogP contribution in [-0.4, -0.2) is 60.0 Å². The number of rotatable bonds is 7. The summed E-state index contributed by atoms with van der Waals surface area (Å²) >= 11 is 0. The lowest BCUT2D eigenvalue weighted by molar-refractivity contribution is -0.122. The van der Waals surface area contributed by atoms with Gasteiger partial charge in [0.2, 0.25) is 5.91 Å². The number of piperidine rings is 1. The predicted molar refractivity (Wildman–Crippen MR) is 119 cm³/mol. The average molecular weight is 401 g/mol. The smallest absolute Gasteiger partial charge is 0.220 e. The third-order valence-corrected chi connectivity index (χ3v) is 6.78. The largest absolute Gasteiger partial charge is 0.353 e. The summed E-state index contributed by atoms with van der Waals surface area (Å²) in [6.07, 6.45) is 15.5. The maximum absolute atomic E-state index is 12.7. The van der Waals surface area contributed by atoms with E-state index in [2.05, 4.69) is 40.3 Å². The molecule has 0 radical (unpaired) electrons. The highest BCUT2D eigenvalue weighted by Crippen LogP contribution is 2.26. The molecular formula is C24H40N4O. The van der Waals surface area contributed by atoms with E-state index >= 15 is 0 Å². The fraction of sp³-hybridized carbons (Fsp3) is 0.750. The second kappa shape index (κ2) is 11.7. The van der Waals surface area contributed by atoms with Gasteiger partial charge in [-0.05, 0) is 63.9 Å². The normalized spacial score (nSPS) is 24.8. The van der Waals surface area contributed by atoms with E-state index in [4.69, 9.17) is 0 Å². The van der Waals surface area contributed by atoms with Gasteiger partial charge in [-0.1, -0.05) is 38.2 Å². The summed E-state index contributed by atoms with van der Waals surface area (Å²) in [4.78, 5) is 21.8. The second-order valence-corrected chi connectivity index (χ2v) is 9.32.